The molecule has 2 heteroatoms. The van der Waals surface area contributed by atoms with E-state index >= 15 is 0 Å². The van der Waals surface area contributed by atoms with Crippen LogP contribution in [0.5, 0.6) is 0 Å². The van der Waals surface area contributed by atoms with E-state index in [4.69, 9.17) is 0 Å². The van der Waals surface area contributed by atoms with E-state index in [9.17, 15) is 0 Å². The Morgan fingerprint density at radius 1 is 0.867 bits per heavy atom. The van der Waals surface area contributed by atoms with Crippen LogP contribution in [0.4, 0.5) is 0 Å². The van der Waals surface area contributed by atoms with E-state index in [0.29, 0.717) is 14.5 Å². The molecule has 0 spiro atoms. The van der Waals surface area contributed by atoms with Crippen LogP contribution in [0, 0.1) is 0 Å². The fourth-order valence-electron chi connectivity index (χ4n) is 1.67. The van der Waals surface area contributed by atoms with E-state index in [1.54, 1.807) is 0 Å². The second-order valence-electron chi connectivity index (χ2n) is 3.40. The molecule has 3 aromatic rings. The van der Waals surface area contributed by atoms with Gasteiger partial charge in [0.2, 0.25) is 0 Å². The van der Waals surface area contributed by atoms with Gasteiger partial charge in [0.25, 0.3) is 0 Å². The first-order valence-corrected chi connectivity index (χ1v) is 6.67. The Balaban J connectivity index is 2.19. The Kier molecular flexibility index (Phi) is 2.17. The van der Waals surface area contributed by atoms with Gasteiger partial charge in [0.1, 0.15) is 0 Å². The molecular formula is C13H9NSe. The SMILES string of the molecule is c1ccc(-c2ccc3[se]cnc3c2)cc1. The van der Waals surface area contributed by atoms with Gasteiger partial charge in [-0.15, -0.1) is 0 Å². The summed E-state index contributed by atoms with van der Waals surface area (Å²) < 4.78 is 1.39. The molecule has 0 aliphatic heterocycles. The van der Waals surface area contributed by atoms with E-state index in [2.05, 4.69) is 47.4 Å². The van der Waals surface area contributed by atoms with Crippen molar-refractivity contribution in [1.29, 1.82) is 0 Å². The van der Waals surface area contributed by atoms with E-state index in [-0.39, 0.29) is 0 Å². The Labute approximate surface area is 94.1 Å². The molecule has 0 radical (unpaired) electrons. The number of benzene rings is 2. The normalized spacial score (nSPS) is 10.7. The van der Waals surface area contributed by atoms with Crippen LogP contribution in [0.1, 0.15) is 0 Å². The molecule has 0 bridgehead atoms. The molecule has 15 heavy (non-hydrogen) atoms. The monoisotopic (exact) mass is 259 g/mol. The van der Waals surface area contributed by atoms with Gasteiger partial charge in [-0.1, -0.05) is 0 Å². The van der Waals surface area contributed by atoms with Crippen molar-refractivity contribution in [2.75, 3.05) is 0 Å². The van der Waals surface area contributed by atoms with E-state index in [0.717, 1.165) is 5.52 Å². The molecule has 1 aromatic heterocycles. The van der Waals surface area contributed by atoms with Crippen LogP contribution >= 0.6 is 0 Å². The summed E-state index contributed by atoms with van der Waals surface area (Å²) in [6.45, 7) is 0. The molecule has 0 amide bonds. The minimum atomic E-state index is 0.449. The Bertz CT molecular complexity index is 584. The molecule has 0 aliphatic rings. The number of rotatable bonds is 1. The molecule has 1 nitrogen and oxygen atoms in total. The number of hydrogen-bond donors (Lipinski definition) is 0. The quantitative estimate of drug-likeness (QED) is 0.611. The van der Waals surface area contributed by atoms with Gasteiger partial charge in [-0.3, -0.25) is 0 Å². The summed E-state index contributed by atoms with van der Waals surface area (Å²) in [6, 6.07) is 17.0. The van der Waals surface area contributed by atoms with Gasteiger partial charge in [0.15, 0.2) is 0 Å². The van der Waals surface area contributed by atoms with Crippen molar-refractivity contribution in [2.24, 2.45) is 0 Å². The molecule has 0 fully saturated rings. The van der Waals surface area contributed by atoms with E-state index < -0.39 is 0 Å². The van der Waals surface area contributed by atoms with Gasteiger partial charge < -0.3 is 0 Å². The molecule has 0 N–H and O–H groups in total. The van der Waals surface area contributed by atoms with Crippen LogP contribution in [-0.2, 0) is 0 Å². The molecule has 2 aromatic carbocycles. The fraction of sp³-hybridized carbons (Fsp3) is 0. The van der Waals surface area contributed by atoms with Crippen LogP contribution in [-0.4, -0.2) is 19.5 Å². The Morgan fingerprint density at radius 3 is 2.60 bits per heavy atom. The summed E-state index contributed by atoms with van der Waals surface area (Å²) in [5, 5.41) is 2.03. The predicted octanol–water partition coefficient (Wildman–Crippen LogP) is 2.96. The average molecular weight is 258 g/mol. The van der Waals surface area contributed by atoms with Crippen LogP contribution in [0.2, 0.25) is 0 Å². The van der Waals surface area contributed by atoms with Gasteiger partial charge in [0.05, 0.1) is 0 Å². The molecule has 72 valence electrons. The van der Waals surface area contributed by atoms with E-state index in [1.807, 2.05) is 11.1 Å². The van der Waals surface area contributed by atoms with Crippen molar-refractivity contribution in [1.82, 2.24) is 4.98 Å². The van der Waals surface area contributed by atoms with Crippen molar-refractivity contribution in [3.8, 4) is 11.1 Å². The van der Waals surface area contributed by atoms with Gasteiger partial charge >= 0.3 is 94.0 Å². The third kappa shape index (κ3) is 1.63. The summed E-state index contributed by atoms with van der Waals surface area (Å²) >= 11 is 0.449. The second kappa shape index (κ2) is 3.65. The van der Waals surface area contributed by atoms with Crippen LogP contribution in [0.3, 0.4) is 0 Å². The number of aromatic nitrogens is 1. The predicted molar refractivity (Wildman–Crippen MR) is 64.1 cm³/mol. The van der Waals surface area contributed by atoms with Gasteiger partial charge in [-0.05, 0) is 0 Å². The third-order valence-electron chi connectivity index (χ3n) is 2.44. The topological polar surface area (TPSA) is 12.9 Å². The fourth-order valence-corrected chi connectivity index (χ4v) is 3.05. The Morgan fingerprint density at radius 2 is 1.73 bits per heavy atom. The zero-order valence-corrected chi connectivity index (χ0v) is 9.76. The van der Waals surface area contributed by atoms with Crippen LogP contribution in [0.15, 0.2) is 53.6 Å². The van der Waals surface area contributed by atoms with Crippen molar-refractivity contribution < 1.29 is 0 Å². The summed E-state index contributed by atoms with van der Waals surface area (Å²) in [4.78, 5) is 4.39. The summed E-state index contributed by atoms with van der Waals surface area (Å²) in [5.74, 6) is 0. The first-order chi connectivity index (χ1) is 7.43. The first kappa shape index (κ1) is 8.90. The molecule has 0 aliphatic carbocycles. The molecule has 0 saturated carbocycles. The zero-order valence-electron chi connectivity index (χ0n) is 8.05. The summed E-state index contributed by atoms with van der Waals surface area (Å²) in [6.07, 6.45) is 0. The van der Waals surface area contributed by atoms with Gasteiger partial charge in [-0.2, -0.15) is 0 Å². The molecule has 3 rings (SSSR count). The standard InChI is InChI=1S/C13H9NSe/c1-2-4-10(5-3-1)11-6-7-13-12(8-11)14-9-15-13/h1-9H. The molecule has 0 unspecified atom stereocenters. The molecular weight excluding hydrogens is 249 g/mol. The van der Waals surface area contributed by atoms with Crippen molar-refractivity contribution in [2.45, 2.75) is 0 Å². The minimum absolute atomic E-state index is 0.449. The third-order valence-corrected chi connectivity index (χ3v) is 4.14. The number of fused-ring (bicyclic) bond motifs is 1. The van der Waals surface area contributed by atoms with Crippen molar-refractivity contribution >= 4 is 24.3 Å². The second-order valence-corrected chi connectivity index (χ2v) is 5.26. The summed E-state index contributed by atoms with van der Waals surface area (Å²) in [7, 11) is 0. The summed E-state index contributed by atoms with van der Waals surface area (Å²) in [5.41, 5.74) is 3.66. The maximum absolute atomic E-state index is 4.39. The molecule has 0 saturated heterocycles. The van der Waals surface area contributed by atoms with Gasteiger partial charge in [-0.25, -0.2) is 0 Å². The van der Waals surface area contributed by atoms with Crippen LogP contribution < -0.4 is 0 Å². The van der Waals surface area contributed by atoms with Crippen LogP contribution in [0.25, 0.3) is 20.9 Å². The van der Waals surface area contributed by atoms with Gasteiger partial charge in [0, 0.05) is 0 Å². The van der Waals surface area contributed by atoms with Crippen molar-refractivity contribution in [3.63, 3.8) is 0 Å². The Hall–Kier alpha value is -1.37. The van der Waals surface area contributed by atoms with E-state index in [1.165, 1.54) is 15.4 Å². The molecule has 1 heterocycles. The van der Waals surface area contributed by atoms with Crippen molar-refractivity contribution in [3.05, 3.63) is 53.6 Å². The number of nitrogens with zero attached hydrogens (tertiary/aromatic N) is 1. The number of hydrogen-bond acceptors (Lipinski definition) is 1. The first-order valence-electron chi connectivity index (χ1n) is 4.82. The maximum atomic E-state index is 4.39. The average Bonchev–Trinajstić information content (AvgIpc) is 2.77. The zero-order chi connectivity index (χ0) is 10.1. The molecule has 0 atom stereocenters.